The van der Waals surface area contributed by atoms with E-state index in [2.05, 4.69) is 18.6 Å². The van der Waals surface area contributed by atoms with Crippen LogP contribution in [0.2, 0.25) is 0 Å². The summed E-state index contributed by atoms with van der Waals surface area (Å²) in [5, 5.41) is 0. The van der Waals surface area contributed by atoms with Gasteiger partial charge in [0.15, 0.2) is 0 Å². The molecule has 5 heteroatoms. The molecule has 22 heavy (non-hydrogen) atoms. The molecule has 1 aromatic rings. The molecule has 0 spiro atoms. The molecule has 0 atom stereocenters. The lowest BCUT2D eigenvalue weighted by Gasteiger charge is -2.25. The molecular formula is C17H25F2NO2. The summed E-state index contributed by atoms with van der Waals surface area (Å²) in [7, 11) is 0. The highest BCUT2D eigenvalue weighted by molar-refractivity contribution is 5.78. The molecule has 1 aromatic carbocycles. The zero-order valence-corrected chi connectivity index (χ0v) is 13.5. The largest absolute Gasteiger partial charge is 0.435 e. The predicted octanol–water partition coefficient (Wildman–Crippen LogP) is 4.12. The fourth-order valence-corrected chi connectivity index (χ4v) is 2.38. The third kappa shape index (κ3) is 6.00. The lowest BCUT2D eigenvalue weighted by molar-refractivity contribution is -0.130. The number of nitrogens with zero attached hydrogens (tertiary/aromatic N) is 1. The number of carbonyl (C=O) groups excluding carboxylic acids is 1. The van der Waals surface area contributed by atoms with E-state index >= 15 is 0 Å². The summed E-state index contributed by atoms with van der Waals surface area (Å²) in [5.41, 5.74) is 0.686. The van der Waals surface area contributed by atoms with E-state index < -0.39 is 6.61 Å². The summed E-state index contributed by atoms with van der Waals surface area (Å²) < 4.78 is 28.8. The Balaban J connectivity index is 2.69. The Labute approximate surface area is 131 Å². The number of carbonyl (C=O) groups is 1. The van der Waals surface area contributed by atoms with Crippen LogP contribution in [0.3, 0.4) is 0 Å². The van der Waals surface area contributed by atoms with E-state index in [9.17, 15) is 13.6 Å². The quantitative estimate of drug-likeness (QED) is 0.686. The molecule has 3 nitrogen and oxygen atoms in total. The van der Waals surface area contributed by atoms with Crippen molar-refractivity contribution in [1.82, 2.24) is 4.90 Å². The van der Waals surface area contributed by atoms with Gasteiger partial charge in [-0.3, -0.25) is 4.79 Å². The van der Waals surface area contributed by atoms with Crippen molar-refractivity contribution < 1.29 is 18.3 Å². The van der Waals surface area contributed by atoms with E-state index in [-0.39, 0.29) is 18.1 Å². The van der Waals surface area contributed by atoms with Crippen molar-refractivity contribution in [3.8, 4) is 5.75 Å². The van der Waals surface area contributed by atoms with Gasteiger partial charge in [0.25, 0.3) is 0 Å². The standard InChI is InChI=1S/C17H25F2NO2/c1-4-13(5-2)12-20(6-3)16(21)11-14-8-7-9-15(10-14)22-17(18)19/h7-10,13,17H,4-6,11-12H2,1-3H3. The molecule has 0 unspecified atom stereocenters. The molecule has 0 saturated heterocycles. The first-order valence-electron chi connectivity index (χ1n) is 7.81. The summed E-state index contributed by atoms with van der Waals surface area (Å²) in [4.78, 5) is 14.2. The normalized spacial score (nSPS) is 11.0. The number of likely N-dealkylation sites (N-methyl/N-ethyl adjacent to an activating group) is 1. The fourth-order valence-electron chi connectivity index (χ4n) is 2.38. The molecule has 0 aliphatic carbocycles. The summed E-state index contributed by atoms with van der Waals surface area (Å²) in [6.07, 6.45) is 2.28. The lowest BCUT2D eigenvalue weighted by Crippen LogP contribution is -2.36. The Hall–Kier alpha value is -1.65. The Kier molecular flexibility index (Phi) is 7.85. The summed E-state index contributed by atoms with van der Waals surface area (Å²) in [6.45, 7) is 4.75. The summed E-state index contributed by atoms with van der Waals surface area (Å²) >= 11 is 0. The molecular weight excluding hydrogens is 288 g/mol. The number of hydrogen-bond acceptors (Lipinski definition) is 2. The number of ether oxygens (including phenoxy) is 1. The highest BCUT2D eigenvalue weighted by Crippen LogP contribution is 2.17. The smallest absolute Gasteiger partial charge is 0.387 e. The van der Waals surface area contributed by atoms with E-state index in [4.69, 9.17) is 0 Å². The van der Waals surface area contributed by atoms with Gasteiger partial charge in [0.2, 0.25) is 5.91 Å². The van der Waals surface area contributed by atoms with Gasteiger partial charge in [0.1, 0.15) is 5.75 Å². The molecule has 0 aliphatic rings. The van der Waals surface area contributed by atoms with Crippen LogP contribution in [0.5, 0.6) is 5.75 Å². The molecule has 0 radical (unpaired) electrons. The molecule has 124 valence electrons. The van der Waals surface area contributed by atoms with Crippen LogP contribution in [0.25, 0.3) is 0 Å². The van der Waals surface area contributed by atoms with Crippen LogP contribution in [0.4, 0.5) is 8.78 Å². The Morgan fingerprint density at radius 3 is 2.45 bits per heavy atom. The first-order valence-corrected chi connectivity index (χ1v) is 7.81. The highest BCUT2D eigenvalue weighted by Gasteiger charge is 2.16. The second-order valence-corrected chi connectivity index (χ2v) is 5.32. The number of halogens is 2. The Morgan fingerprint density at radius 2 is 1.91 bits per heavy atom. The van der Waals surface area contributed by atoms with Crippen LogP contribution in [-0.2, 0) is 11.2 Å². The number of amides is 1. The van der Waals surface area contributed by atoms with Crippen molar-refractivity contribution in [2.24, 2.45) is 5.92 Å². The van der Waals surface area contributed by atoms with Gasteiger partial charge in [0, 0.05) is 13.1 Å². The number of rotatable bonds is 9. The van der Waals surface area contributed by atoms with Crippen LogP contribution in [0, 0.1) is 5.92 Å². The van der Waals surface area contributed by atoms with Gasteiger partial charge in [-0.05, 0) is 30.5 Å². The lowest BCUT2D eigenvalue weighted by atomic mass is 10.0. The van der Waals surface area contributed by atoms with Gasteiger partial charge >= 0.3 is 6.61 Å². The minimum absolute atomic E-state index is 0.0172. The van der Waals surface area contributed by atoms with Crippen LogP contribution < -0.4 is 4.74 Å². The SMILES string of the molecule is CCC(CC)CN(CC)C(=O)Cc1cccc(OC(F)F)c1. The minimum atomic E-state index is -2.85. The van der Waals surface area contributed by atoms with E-state index in [1.165, 1.54) is 12.1 Å². The van der Waals surface area contributed by atoms with E-state index in [1.54, 1.807) is 12.1 Å². The molecule has 0 heterocycles. The monoisotopic (exact) mass is 313 g/mol. The van der Waals surface area contributed by atoms with Gasteiger partial charge < -0.3 is 9.64 Å². The molecule has 1 amide bonds. The van der Waals surface area contributed by atoms with Crippen molar-refractivity contribution in [3.63, 3.8) is 0 Å². The average molecular weight is 313 g/mol. The minimum Gasteiger partial charge on any atom is -0.435 e. The zero-order chi connectivity index (χ0) is 16.5. The third-order valence-corrected chi connectivity index (χ3v) is 3.85. The number of benzene rings is 1. The molecule has 0 N–H and O–H groups in total. The van der Waals surface area contributed by atoms with E-state index in [0.717, 1.165) is 19.4 Å². The van der Waals surface area contributed by atoms with Crippen molar-refractivity contribution in [2.75, 3.05) is 13.1 Å². The van der Waals surface area contributed by atoms with Gasteiger partial charge in [-0.1, -0.05) is 38.8 Å². The van der Waals surface area contributed by atoms with E-state index in [0.29, 0.717) is 18.0 Å². The molecule has 1 rings (SSSR count). The second kappa shape index (κ2) is 9.38. The maximum Gasteiger partial charge on any atom is 0.387 e. The predicted molar refractivity (Wildman–Crippen MR) is 83.1 cm³/mol. The molecule has 0 aromatic heterocycles. The third-order valence-electron chi connectivity index (χ3n) is 3.85. The molecule has 0 fully saturated rings. The topological polar surface area (TPSA) is 29.5 Å². The molecule has 0 bridgehead atoms. The van der Waals surface area contributed by atoms with E-state index in [1.807, 2.05) is 11.8 Å². The first-order chi connectivity index (χ1) is 10.5. The maximum atomic E-state index is 12.4. The summed E-state index contributed by atoms with van der Waals surface area (Å²) in [5.74, 6) is 0.601. The number of alkyl halides is 2. The fraction of sp³-hybridized carbons (Fsp3) is 0.588. The van der Waals surface area contributed by atoms with Gasteiger partial charge in [0.05, 0.1) is 6.42 Å². The van der Waals surface area contributed by atoms with Crippen LogP contribution in [0.15, 0.2) is 24.3 Å². The average Bonchev–Trinajstić information content (AvgIpc) is 2.48. The second-order valence-electron chi connectivity index (χ2n) is 5.32. The zero-order valence-electron chi connectivity index (χ0n) is 13.5. The number of hydrogen-bond donors (Lipinski definition) is 0. The maximum absolute atomic E-state index is 12.4. The van der Waals surface area contributed by atoms with Crippen LogP contribution >= 0.6 is 0 Å². The van der Waals surface area contributed by atoms with Gasteiger partial charge in [-0.15, -0.1) is 0 Å². The highest BCUT2D eigenvalue weighted by atomic mass is 19.3. The van der Waals surface area contributed by atoms with Gasteiger partial charge in [-0.25, -0.2) is 0 Å². The molecule has 0 aliphatic heterocycles. The van der Waals surface area contributed by atoms with Gasteiger partial charge in [-0.2, -0.15) is 8.78 Å². The van der Waals surface area contributed by atoms with Crippen LogP contribution in [-0.4, -0.2) is 30.5 Å². The van der Waals surface area contributed by atoms with Crippen LogP contribution in [0.1, 0.15) is 39.2 Å². The summed E-state index contributed by atoms with van der Waals surface area (Å²) in [6, 6.07) is 6.33. The van der Waals surface area contributed by atoms with Crippen molar-refractivity contribution >= 4 is 5.91 Å². The van der Waals surface area contributed by atoms with Crippen molar-refractivity contribution in [3.05, 3.63) is 29.8 Å². The molecule has 0 saturated carbocycles. The van der Waals surface area contributed by atoms with Crippen molar-refractivity contribution in [2.45, 2.75) is 46.6 Å². The Bertz CT molecular complexity index is 462. The van der Waals surface area contributed by atoms with Crippen molar-refractivity contribution in [1.29, 1.82) is 0 Å². The first kappa shape index (κ1) is 18.4. The Morgan fingerprint density at radius 1 is 1.23 bits per heavy atom.